The van der Waals surface area contributed by atoms with Crippen LogP contribution in [-0.4, -0.2) is 31.9 Å². The molecule has 112 valence electrons. The Hall–Kier alpha value is -0.780. The maximum atomic E-state index is 10.5. The van der Waals surface area contributed by atoms with Gasteiger partial charge in [0.15, 0.2) is 11.5 Å². The molecule has 0 saturated carbocycles. The van der Waals surface area contributed by atoms with Gasteiger partial charge in [0.25, 0.3) is 0 Å². The van der Waals surface area contributed by atoms with E-state index in [1.807, 2.05) is 12.1 Å². The Kier molecular flexibility index (Phi) is 5.69. The van der Waals surface area contributed by atoms with Crippen LogP contribution in [0.1, 0.15) is 37.4 Å². The lowest BCUT2D eigenvalue weighted by atomic mass is 9.96. The van der Waals surface area contributed by atoms with E-state index in [1.165, 1.54) is 12.8 Å². The van der Waals surface area contributed by atoms with Crippen LogP contribution in [-0.2, 0) is 0 Å². The van der Waals surface area contributed by atoms with Crippen molar-refractivity contribution in [3.63, 3.8) is 0 Å². The molecular formula is C15H22BrNO3. The second kappa shape index (κ2) is 7.29. The second-order valence-electron chi connectivity index (χ2n) is 5.13. The Morgan fingerprint density at radius 3 is 2.60 bits per heavy atom. The third kappa shape index (κ3) is 3.65. The number of nitrogens with one attached hydrogen (secondary N) is 1. The van der Waals surface area contributed by atoms with Crippen molar-refractivity contribution in [2.45, 2.75) is 37.8 Å². The largest absolute Gasteiger partial charge is 0.493 e. The van der Waals surface area contributed by atoms with Crippen molar-refractivity contribution < 1.29 is 14.6 Å². The van der Waals surface area contributed by atoms with Crippen molar-refractivity contribution in [2.75, 3.05) is 20.8 Å². The molecule has 2 unspecified atom stereocenters. The summed E-state index contributed by atoms with van der Waals surface area (Å²) < 4.78 is 11.4. The van der Waals surface area contributed by atoms with Crippen LogP contribution in [0.4, 0.5) is 0 Å². The van der Waals surface area contributed by atoms with Crippen molar-refractivity contribution >= 4 is 15.9 Å². The predicted molar refractivity (Wildman–Crippen MR) is 82.5 cm³/mol. The SMILES string of the molecule is COc1cc(Br)c(C(O)CC2CCCCN2)cc1OC. The molecular weight excluding hydrogens is 322 g/mol. The average Bonchev–Trinajstić information content (AvgIpc) is 2.47. The van der Waals surface area contributed by atoms with E-state index in [0.717, 1.165) is 23.0 Å². The fourth-order valence-electron chi connectivity index (χ4n) is 2.65. The van der Waals surface area contributed by atoms with E-state index in [4.69, 9.17) is 9.47 Å². The Morgan fingerprint density at radius 1 is 1.30 bits per heavy atom. The minimum Gasteiger partial charge on any atom is -0.493 e. The van der Waals surface area contributed by atoms with Crippen LogP contribution in [0.25, 0.3) is 0 Å². The zero-order valence-corrected chi connectivity index (χ0v) is 13.6. The summed E-state index contributed by atoms with van der Waals surface area (Å²) in [6.07, 6.45) is 3.79. The summed E-state index contributed by atoms with van der Waals surface area (Å²) in [4.78, 5) is 0. The van der Waals surface area contributed by atoms with Crippen molar-refractivity contribution in [1.29, 1.82) is 0 Å². The molecule has 5 heteroatoms. The Labute approximate surface area is 128 Å². The topological polar surface area (TPSA) is 50.7 Å². The summed E-state index contributed by atoms with van der Waals surface area (Å²) in [5, 5.41) is 13.9. The van der Waals surface area contributed by atoms with Crippen molar-refractivity contribution in [2.24, 2.45) is 0 Å². The highest BCUT2D eigenvalue weighted by molar-refractivity contribution is 9.10. The van der Waals surface area contributed by atoms with Gasteiger partial charge in [0.2, 0.25) is 0 Å². The quantitative estimate of drug-likeness (QED) is 0.862. The van der Waals surface area contributed by atoms with Crippen molar-refractivity contribution in [3.05, 3.63) is 22.2 Å². The highest BCUT2D eigenvalue weighted by atomic mass is 79.9. The minimum atomic E-state index is -0.514. The molecule has 0 amide bonds. The molecule has 0 spiro atoms. The summed E-state index contributed by atoms with van der Waals surface area (Å²) in [6.45, 7) is 1.05. The summed E-state index contributed by atoms with van der Waals surface area (Å²) in [5.41, 5.74) is 0.843. The van der Waals surface area contributed by atoms with Crippen LogP contribution in [0.15, 0.2) is 16.6 Å². The van der Waals surface area contributed by atoms with Crippen LogP contribution in [0.2, 0.25) is 0 Å². The van der Waals surface area contributed by atoms with E-state index in [9.17, 15) is 5.11 Å². The summed E-state index contributed by atoms with van der Waals surface area (Å²) >= 11 is 3.50. The second-order valence-corrected chi connectivity index (χ2v) is 5.98. The van der Waals surface area contributed by atoms with Gasteiger partial charge in [0.1, 0.15) is 0 Å². The van der Waals surface area contributed by atoms with E-state index >= 15 is 0 Å². The third-order valence-electron chi connectivity index (χ3n) is 3.78. The lowest BCUT2D eigenvalue weighted by Gasteiger charge is -2.26. The van der Waals surface area contributed by atoms with Gasteiger partial charge < -0.3 is 19.9 Å². The Bertz CT molecular complexity index is 447. The molecule has 2 N–H and O–H groups in total. The van der Waals surface area contributed by atoms with Gasteiger partial charge in [-0.25, -0.2) is 0 Å². The maximum absolute atomic E-state index is 10.5. The molecule has 0 aromatic heterocycles. The predicted octanol–water partition coefficient (Wildman–Crippen LogP) is 3.03. The first-order chi connectivity index (χ1) is 9.65. The van der Waals surface area contributed by atoms with Gasteiger partial charge in [-0.2, -0.15) is 0 Å². The molecule has 20 heavy (non-hydrogen) atoms. The van der Waals surface area contributed by atoms with Crippen LogP contribution in [0.5, 0.6) is 11.5 Å². The lowest BCUT2D eigenvalue weighted by Crippen LogP contribution is -2.35. The summed E-state index contributed by atoms with van der Waals surface area (Å²) in [6, 6.07) is 4.07. The highest BCUT2D eigenvalue weighted by Gasteiger charge is 2.21. The molecule has 1 aliphatic heterocycles. The van der Waals surface area contributed by atoms with Crippen molar-refractivity contribution in [1.82, 2.24) is 5.32 Å². The normalized spacial score (nSPS) is 20.5. The molecule has 1 aromatic rings. The first-order valence-electron chi connectivity index (χ1n) is 6.98. The summed E-state index contributed by atoms with van der Waals surface area (Å²) in [7, 11) is 3.21. The van der Waals surface area contributed by atoms with Gasteiger partial charge in [-0.1, -0.05) is 22.4 Å². The molecule has 1 fully saturated rings. The average molecular weight is 344 g/mol. The van der Waals surface area contributed by atoms with Gasteiger partial charge in [0.05, 0.1) is 20.3 Å². The third-order valence-corrected chi connectivity index (χ3v) is 4.47. The number of rotatable bonds is 5. The van der Waals surface area contributed by atoms with Gasteiger partial charge in [0, 0.05) is 10.5 Å². The van der Waals surface area contributed by atoms with Crippen molar-refractivity contribution in [3.8, 4) is 11.5 Å². The van der Waals surface area contributed by atoms with Gasteiger partial charge in [-0.3, -0.25) is 0 Å². The van der Waals surface area contributed by atoms with Crippen LogP contribution >= 0.6 is 15.9 Å². The lowest BCUT2D eigenvalue weighted by molar-refractivity contribution is 0.143. The van der Waals surface area contributed by atoms with E-state index < -0.39 is 6.10 Å². The standard InChI is InChI=1S/C15H22BrNO3/c1-19-14-8-11(12(16)9-15(14)20-2)13(18)7-10-5-3-4-6-17-10/h8-10,13,17-18H,3-7H2,1-2H3. The minimum absolute atomic E-state index is 0.388. The molecule has 2 atom stereocenters. The van der Waals surface area contributed by atoms with Gasteiger partial charge in [-0.15, -0.1) is 0 Å². The number of halogens is 1. The first-order valence-corrected chi connectivity index (χ1v) is 7.78. The molecule has 4 nitrogen and oxygen atoms in total. The highest BCUT2D eigenvalue weighted by Crippen LogP contribution is 2.37. The van der Waals surface area contributed by atoms with Gasteiger partial charge >= 0.3 is 0 Å². The van der Waals surface area contributed by atoms with E-state index in [2.05, 4.69) is 21.2 Å². The fourth-order valence-corrected chi connectivity index (χ4v) is 3.23. The molecule has 1 aromatic carbocycles. The number of ether oxygens (including phenoxy) is 2. The molecule has 0 bridgehead atoms. The summed E-state index contributed by atoms with van der Waals surface area (Å²) in [5.74, 6) is 1.30. The molecule has 1 aliphatic rings. The van der Waals surface area contributed by atoms with E-state index in [-0.39, 0.29) is 0 Å². The number of hydrogen-bond acceptors (Lipinski definition) is 4. The fraction of sp³-hybridized carbons (Fsp3) is 0.600. The number of piperidine rings is 1. The smallest absolute Gasteiger partial charge is 0.161 e. The Balaban J connectivity index is 2.13. The monoisotopic (exact) mass is 343 g/mol. The molecule has 2 rings (SSSR count). The number of methoxy groups -OCH3 is 2. The maximum Gasteiger partial charge on any atom is 0.161 e. The van der Waals surface area contributed by atoms with Crippen LogP contribution in [0.3, 0.4) is 0 Å². The first kappa shape index (κ1) is 15.6. The number of aliphatic hydroxyl groups excluding tert-OH is 1. The number of benzene rings is 1. The van der Waals surface area contributed by atoms with E-state index in [1.54, 1.807) is 14.2 Å². The molecule has 1 heterocycles. The van der Waals surface area contributed by atoms with Crippen LogP contribution in [0, 0.1) is 0 Å². The molecule has 1 saturated heterocycles. The Morgan fingerprint density at radius 2 is 2.00 bits per heavy atom. The van der Waals surface area contributed by atoms with Gasteiger partial charge in [-0.05, 0) is 43.5 Å². The zero-order chi connectivity index (χ0) is 14.5. The number of aliphatic hydroxyl groups is 1. The zero-order valence-electron chi connectivity index (χ0n) is 12.0. The molecule has 0 aliphatic carbocycles. The van der Waals surface area contributed by atoms with E-state index in [0.29, 0.717) is 24.0 Å². The number of hydrogen-bond donors (Lipinski definition) is 2. The van der Waals surface area contributed by atoms with Crippen LogP contribution < -0.4 is 14.8 Å². The molecule has 0 radical (unpaired) electrons.